The summed E-state index contributed by atoms with van der Waals surface area (Å²) in [6, 6.07) is 1.60. The van der Waals surface area contributed by atoms with Crippen molar-refractivity contribution in [2.45, 2.75) is 0 Å². The molecule has 0 aliphatic heterocycles. The van der Waals surface area contributed by atoms with Crippen LogP contribution in [0.2, 0.25) is 0 Å². The van der Waals surface area contributed by atoms with Gasteiger partial charge in [0.2, 0.25) is 0 Å². The van der Waals surface area contributed by atoms with Crippen LogP contribution in [0.5, 0.6) is 0 Å². The van der Waals surface area contributed by atoms with Gasteiger partial charge in [0.15, 0.2) is 0 Å². The van der Waals surface area contributed by atoms with E-state index >= 15 is 0 Å². The van der Waals surface area contributed by atoms with Crippen molar-refractivity contribution in [2.75, 3.05) is 53.3 Å². The summed E-state index contributed by atoms with van der Waals surface area (Å²) in [5, 5.41) is 0. The van der Waals surface area contributed by atoms with Crippen molar-refractivity contribution in [3.8, 4) is 0 Å². The van der Waals surface area contributed by atoms with Crippen LogP contribution < -0.4 is 0 Å². The normalized spacial score (nSPS) is 15.1. The topological polar surface area (TPSA) is 0 Å². The molecule has 0 radical (unpaired) electrons. The summed E-state index contributed by atoms with van der Waals surface area (Å²) in [6.07, 6.45) is 0. The molecule has 0 heterocycles. The minimum atomic E-state index is -1.33. The van der Waals surface area contributed by atoms with Crippen molar-refractivity contribution in [1.82, 2.24) is 0 Å². The summed E-state index contributed by atoms with van der Waals surface area (Å²) in [5.41, 5.74) is 0. The SMILES string of the molecule is C[P](C)[Pt]([P](C)C)([P](C)C)[P](C)C. The number of rotatable bonds is 4. The third kappa shape index (κ3) is 3.18. The van der Waals surface area contributed by atoms with Crippen LogP contribution in [-0.4, -0.2) is 53.3 Å². The van der Waals surface area contributed by atoms with Crippen LogP contribution >= 0.6 is 24.1 Å². The molecule has 86 valence electrons. The minimum absolute atomic E-state index is 0.400. The Bertz CT molecular complexity index is 119. The molecule has 0 nitrogen and oxygen atoms in total. The zero-order valence-electron chi connectivity index (χ0n) is 10.1. The van der Waals surface area contributed by atoms with Crippen LogP contribution in [0.1, 0.15) is 0 Å². The van der Waals surface area contributed by atoms with Crippen molar-refractivity contribution >= 4 is 24.1 Å². The fourth-order valence-corrected chi connectivity index (χ4v) is 112. The van der Waals surface area contributed by atoms with Crippen molar-refractivity contribution in [3.05, 3.63) is 0 Å². The molecule has 0 aromatic heterocycles. The van der Waals surface area contributed by atoms with Crippen LogP contribution in [0.15, 0.2) is 0 Å². The molecule has 0 saturated carbocycles. The predicted octanol–water partition coefficient (Wildman–Crippen LogP) is 4.77. The molecule has 0 rings (SSSR count). The average molecular weight is 439 g/mol. The molecular formula is C8H24P4Pt. The molecular weight excluding hydrogens is 415 g/mol. The summed E-state index contributed by atoms with van der Waals surface area (Å²) in [6.45, 7) is 20.5. The zero-order valence-corrected chi connectivity index (χ0v) is 16.0. The second-order valence-corrected chi connectivity index (χ2v) is 61.1. The molecule has 5 heteroatoms. The summed E-state index contributed by atoms with van der Waals surface area (Å²) in [7, 11) is 0. The van der Waals surface area contributed by atoms with Crippen LogP contribution in [-0.2, 0) is 14.0 Å². The molecule has 0 aliphatic carbocycles. The standard InChI is InChI=1S/4C2H6P.Pt/c4*1-3-2;/h4*1-2H3;/q4*-1;+4. The Hall–Kier alpha value is 2.41. The first-order valence-electron chi connectivity index (χ1n) is 4.14. The average Bonchev–Trinajstić information content (AvgIpc) is 1.82. The van der Waals surface area contributed by atoms with Crippen LogP contribution in [0.25, 0.3) is 0 Å². The van der Waals surface area contributed by atoms with E-state index < -0.39 is 14.0 Å². The molecule has 0 spiro atoms. The van der Waals surface area contributed by atoms with Gasteiger partial charge in [-0.3, -0.25) is 0 Å². The first kappa shape index (κ1) is 15.4. The van der Waals surface area contributed by atoms with Crippen LogP contribution in [0.4, 0.5) is 0 Å². The van der Waals surface area contributed by atoms with E-state index in [4.69, 9.17) is 0 Å². The van der Waals surface area contributed by atoms with E-state index in [1.54, 1.807) is 0 Å². The zero-order chi connectivity index (χ0) is 10.8. The van der Waals surface area contributed by atoms with E-state index in [1.165, 1.54) is 0 Å². The number of hydrogen-bond acceptors (Lipinski definition) is 0. The molecule has 0 saturated heterocycles. The number of hydrogen-bond donors (Lipinski definition) is 0. The van der Waals surface area contributed by atoms with E-state index in [-0.39, 0.29) is 0 Å². The van der Waals surface area contributed by atoms with Crippen molar-refractivity contribution in [2.24, 2.45) is 0 Å². The molecule has 0 N–H and O–H groups in total. The fourth-order valence-electron chi connectivity index (χ4n) is 1.52. The van der Waals surface area contributed by atoms with Gasteiger partial charge in [0, 0.05) is 0 Å². The molecule has 0 unspecified atom stereocenters. The Morgan fingerprint density at radius 1 is 0.462 bits per heavy atom. The second kappa shape index (κ2) is 6.22. The molecule has 0 aromatic carbocycles. The maximum atomic E-state index is 2.57. The van der Waals surface area contributed by atoms with Gasteiger partial charge in [0.25, 0.3) is 0 Å². The predicted molar refractivity (Wildman–Crippen MR) is 75.1 cm³/mol. The van der Waals surface area contributed by atoms with Crippen LogP contribution in [0.3, 0.4) is 0 Å². The Morgan fingerprint density at radius 2 is 0.615 bits per heavy atom. The maximum absolute atomic E-state index is 2.57. The molecule has 13 heavy (non-hydrogen) atoms. The Morgan fingerprint density at radius 3 is 0.615 bits per heavy atom. The van der Waals surface area contributed by atoms with Crippen molar-refractivity contribution in [3.63, 3.8) is 0 Å². The Labute approximate surface area is 91.1 Å². The van der Waals surface area contributed by atoms with Gasteiger partial charge in [-0.05, 0) is 0 Å². The van der Waals surface area contributed by atoms with E-state index in [9.17, 15) is 0 Å². The third-order valence-corrected chi connectivity index (χ3v) is 112. The molecule has 0 bridgehead atoms. The molecule has 0 fully saturated rings. The van der Waals surface area contributed by atoms with Gasteiger partial charge in [-0.15, -0.1) is 0 Å². The quantitative estimate of drug-likeness (QED) is 0.554. The Balaban J connectivity index is 5.06. The van der Waals surface area contributed by atoms with Crippen molar-refractivity contribution < 1.29 is 14.0 Å². The van der Waals surface area contributed by atoms with E-state index in [2.05, 4.69) is 53.3 Å². The monoisotopic (exact) mass is 439 g/mol. The molecule has 0 atom stereocenters. The third-order valence-electron chi connectivity index (χ3n) is 1.52. The fraction of sp³-hybridized carbons (Fsp3) is 1.00. The van der Waals surface area contributed by atoms with Gasteiger partial charge >= 0.3 is 91.4 Å². The van der Waals surface area contributed by atoms with E-state index in [1.807, 2.05) is 0 Å². The summed E-state index contributed by atoms with van der Waals surface area (Å²) in [5.74, 6) is 0. The van der Waals surface area contributed by atoms with Gasteiger partial charge in [0.05, 0.1) is 0 Å². The van der Waals surface area contributed by atoms with Crippen molar-refractivity contribution in [1.29, 1.82) is 0 Å². The van der Waals surface area contributed by atoms with Gasteiger partial charge < -0.3 is 0 Å². The van der Waals surface area contributed by atoms with Gasteiger partial charge in [-0.25, -0.2) is 0 Å². The summed E-state index contributed by atoms with van der Waals surface area (Å²) < 4.78 is 0. The first-order valence-corrected chi connectivity index (χ1v) is 24.6. The van der Waals surface area contributed by atoms with Gasteiger partial charge in [-0.1, -0.05) is 0 Å². The van der Waals surface area contributed by atoms with E-state index in [0.29, 0.717) is 24.1 Å². The molecule has 0 aromatic rings. The Kier molecular flexibility index (Phi) is 7.37. The second-order valence-electron chi connectivity index (χ2n) is 3.30. The van der Waals surface area contributed by atoms with Crippen LogP contribution in [0, 0.1) is 0 Å². The van der Waals surface area contributed by atoms with E-state index in [0.717, 1.165) is 0 Å². The van der Waals surface area contributed by atoms with Gasteiger partial charge in [-0.2, -0.15) is 0 Å². The molecule has 0 amide bonds. The summed E-state index contributed by atoms with van der Waals surface area (Å²) in [4.78, 5) is 0. The van der Waals surface area contributed by atoms with Gasteiger partial charge in [0.1, 0.15) is 0 Å². The first-order chi connectivity index (χ1) is 5.77. The molecule has 0 aliphatic rings. The summed E-state index contributed by atoms with van der Waals surface area (Å²) >= 11 is -1.33.